The highest BCUT2D eigenvalue weighted by atomic mass is 79.9. The van der Waals surface area contributed by atoms with Gasteiger partial charge in [0.1, 0.15) is 0 Å². The summed E-state index contributed by atoms with van der Waals surface area (Å²) in [6.45, 7) is 4.42. The first-order valence-electron chi connectivity index (χ1n) is 4.71. The lowest BCUT2D eigenvalue weighted by Gasteiger charge is -2.10. The standard InChI is InChI=1S/C10H15BrClNS/c1-6(2)3-4-8(13)9-5-7(12)10(11)14-9/h5-6,8H,3-4,13H2,1-2H3. The van der Waals surface area contributed by atoms with Crippen molar-refractivity contribution in [1.29, 1.82) is 0 Å². The van der Waals surface area contributed by atoms with Crippen LogP contribution in [0, 0.1) is 5.92 Å². The average molecular weight is 297 g/mol. The van der Waals surface area contributed by atoms with Crippen molar-refractivity contribution in [3.05, 3.63) is 19.8 Å². The Kier molecular flexibility index (Phi) is 4.91. The third-order valence-corrected chi connectivity index (χ3v) is 4.69. The highest BCUT2D eigenvalue weighted by molar-refractivity contribution is 9.11. The summed E-state index contributed by atoms with van der Waals surface area (Å²) in [6.07, 6.45) is 2.19. The largest absolute Gasteiger partial charge is 0.323 e. The van der Waals surface area contributed by atoms with E-state index in [0.717, 1.165) is 21.7 Å². The Labute approximate surface area is 103 Å². The zero-order valence-corrected chi connectivity index (χ0v) is 11.5. The van der Waals surface area contributed by atoms with Gasteiger partial charge < -0.3 is 5.73 Å². The van der Waals surface area contributed by atoms with Crippen LogP contribution in [0.3, 0.4) is 0 Å². The second-order valence-electron chi connectivity index (χ2n) is 3.85. The van der Waals surface area contributed by atoms with Gasteiger partial charge in [-0.15, -0.1) is 11.3 Å². The summed E-state index contributed by atoms with van der Waals surface area (Å²) in [5.41, 5.74) is 6.06. The summed E-state index contributed by atoms with van der Waals surface area (Å²) >= 11 is 11.0. The van der Waals surface area contributed by atoms with E-state index in [0.29, 0.717) is 5.92 Å². The van der Waals surface area contributed by atoms with Crippen molar-refractivity contribution in [3.8, 4) is 0 Å². The van der Waals surface area contributed by atoms with Gasteiger partial charge in [0.25, 0.3) is 0 Å². The van der Waals surface area contributed by atoms with Gasteiger partial charge in [0.05, 0.1) is 8.81 Å². The van der Waals surface area contributed by atoms with Gasteiger partial charge in [-0.3, -0.25) is 0 Å². The van der Waals surface area contributed by atoms with Crippen LogP contribution >= 0.6 is 38.9 Å². The molecule has 4 heteroatoms. The van der Waals surface area contributed by atoms with E-state index in [-0.39, 0.29) is 6.04 Å². The molecule has 2 N–H and O–H groups in total. The van der Waals surface area contributed by atoms with E-state index in [1.54, 1.807) is 11.3 Å². The first-order chi connectivity index (χ1) is 6.50. The summed E-state index contributed by atoms with van der Waals surface area (Å²) in [7, 11) is 0. The second-order valence-corrected chi connectivity index (χ2v) is 6.66. The highest BCUT2D eigenvalue weighted by Gasteiger charge is 2.12. The van der Waals surface area contributed by atoms with Crippen LogP contribution in [0.4, 0.5) is 0 Å². The predicted octanol–water partition coefficient (Wildman–Crippen LogP) is 4.60. The lowest BCUT2D eigenvalue weighted by molar-refractivity contribution is 0.510. The zero-order valence-electron chi connectivity index (χ0n) is 8.39. The van der Waals surface area contributed by atoms with Gasteiger partial charge in [-0.05, 0) is 40.8 Å². The van der Waals surface area contributed by atoms with E-state index in [1.165, 1.54) is 4.88 Å². The van der Waals surface area contributed by atoms with Crippen LogP contribution in [-0.2, 0) is 0 Å². The van der Waals surface area contributed by atoms with Crippen LogP contribution in [0.25, 0.3) is 0 Å². The van der Waals surface area contributed by atoms with E-state index in [2.05, 4.69) is 29.8 Å². The molecule has 0 aliphatic rings. The van der Waals surface area contributed by atoms with Crippen LogP contribution in [0.5, 0.6) is 0 Å². The molecule has 1 nitrogen and oxygen atoms in total. The molecule has 14 heavy (non-hydrogen) atoms. The monoisotopic (exact) mass is 295 g/mol. The zero-order chi connectivity index (χ0) is 10.7. The van der Waals surface area contributed by atoms with Gasteiger partial charge >= 0.3 is 0 Å². The quantitative estimate of drug-likeness (QED) is 0.863. The van der Waals surface area contributed by atoms with E-state index in [9.17, 15) is 0 Å². The molecule has 0 spiro atoms. The minimum atomic E-state index is 0.131. The number of rotatable bonds is 4. The SMILES string of the molecule is CC(C)CCC(N)c1cc(Cl)c(Br)s1. The molecule has 0 saturated carbocycles. The number of hydrogen-bond acceptors (Lipinski definition) is 2. The summed E-state index contributed by atoms with van der Waals surface area (Å²) < 4.78 is 0.981. The van der Waals surface area contributed by atoms with Crippen molar-refractivity contribution in [2.24, 2.45) is 11.7 Å². The normalized spacial score (nSPS) is 13.6. The average Bonchev–Trinajstić information content (AvgIpc) is 2.43. The molecular weight excluding hydrogens is 282 g/mol. The molecule has 0 aliphatic carbocycles. The molecule has 80 valence electrons. The van der Waals surface area contributed by atoms with Gasteiger partial charge in [-0.1, -0.05) is 25.4 Å². The highest BCUT2D eigenvalue weighted by Crippen LogP contribution is 2.35. The molecule has 0 aliphatic heterocycles. The molecule has 0 radical (unpaired) electrons. The molecule has 0 saturated heterocycles. The van der Waals surface area contributed by atoms with Gasteiger partial charge in [0.15, 0.2) is 0 Å². The smallest absolute Gasteiger partial charge is 0.0887 e. The van der Waals surface area contributed by atoms with Crippen molar-refractivity contribution in [2.45, 2.75) is 32.7 Å². The molecule has 0 fully saturated rings. The molecule has 0 bridgehead atoms. The molecule has 1 atom stereocenters. The maximum Gasteiger partial charge on any atom is 0.0887 e. The molecule has 1 aromatic heterocycles. The minimum absolute atomic E-state index is 0.131. The topological polar surface area (TPSA) is 26.0 Å². The number of thiophene rings is 1. The Hall–Kier alpha value is 0.430. The van der Waals surface area contributed by atoms with E-state index >= 15 is 0 Å². The van der Waals surface area contributed by atoms with Crippen molar-refractivity contribution < 1.29 is 0 Å². The first-order valence-corrected chi connectivity index (χ1v) is 6.69. The predicted molar refractivity (Wildman–Crippen MR) is 68.0 cm³/mol. The maximum absolute atomic E-state index is 6.06. The van der Waals surface area contributed by atoms with Crippen molar-refractivity contribution in [2.75, 3.05) is 0 Å². The van der Waals surface area contributed by atoms with E-state index < -0.39 is 0 Å². The van der Waals surface area contributed by atoms with E-state index in [4.69, 9.17) is 17.3 Å². The Bertz CT molecular complexity index is 279. The van der Waals surface area contributed by atoms with Gasteiger partial charge in [-0.2, -0.15) is 0 Å². The fraction of sp³-hybridized carbons (Fsp3) is 0.600. The molecule has 1 unspecified atom stereocenters. The minimum Gasteiger partial charge on any atom is -0.323 e. The van der Waals surface area contributed by atoms with Crippen LogP contribution < -0.4 is 5.73 Å². The number of nitrogens with two attached hydrogens (primary N) is 1. The van der Waals surface area contributed by atoms with Crippen LogP contribution in [0.2, 0.25) is 5.02 Å². The van der Waals surface area contributed by atoms with Gasteiger partial charge in [-0.25, -0.2) is 0 Å². The fourth-order valence-corrected chi connectivity index (χ4v) is 2.98. The molecule has 0 aromatic carbocycles. The van der Waals surface area contributed by atoms with Crippen molar-refractivity contribution in [1.82, 2.24) is 0 Å². The number of halogens is 2. The van der Waals surface area contributed by atoms with E-state index in [1.807, 2.05) is 6.07 Å². The third kappa shape index (κ3) is 3.54. The lowest BCUT2D eigenvalue weighted by Crippen LogP contribution is -2.09. The lowest BCUT2D eigenvalue weighted by atomic mass is 10.0. The van der Waals surface area contributed by atoms with Crippen LogP contribution in [0.15, 0.2) is 9.85 Å². The maximum atomic E-state index is 6.06. The van der Waals surface area contributed by atoms with Crippen molar-refractivity contribution in [3.63, 3.8) is 0 Å². The molecule has 0 amide bonds. The summed E-state index contributed by atoms with van der Waals surface area (Å²) in [5, 5.41) is 0.769. The second kappa shape index (κ2) is 5.50. The van der Waals surface area contributed by atoms with Crippen molar-refractivity contribution >= 4 is 38.9 Å². The van der Waals surface area contributed by atoms with Crippen LogP contribution in [-0.4, -0.2) is 0 Å². The van der Waals surface area contributed by atoms with Gasteiger partial charge in [0.2, 0.25) is 0 Å². The third-order valence-electron chi connectivity index (χ3n) is 2.08. The number of hydrogen-bond donors (Lipinski definition) is 1. The molecule has 1 aromatic rings. The Morgan fingerprint density at radius 2 is 2.14 bits per heavy atom. The summed E-state index contributed by atoms with van der Waals surface area (Å²) in [6, 6.07) is 2.09. The Morgan fingerprint density at radius 1 is 1.50 bits per heavy atom. The summed E-state index contributed by atoms with van der Waals surface area (Å²) in [5.74, 6) is 0.708. The Balaban J connectivity index is 2.56. The summed E-state index contributed by atoms with van der Waals surface area (Å²) in [4.78, 5) is 1.17. The molecular formula is C10H15BrClNS. The fourth-order valence-electron chi connectivity index (χ4n) is 1.20. The molecule has 1 rings (SSSR count). The Morgan fingerprint density at radius 3 is 2.57 bits per heavy atom. The first kappa shape index (κ1) is 12.5. The molecule has 1 heterocycles. The van der Waals surface area contributed by atoms with Crippen LogP contribution in [0.1, 0.15) is 37.6 Å². The van der Waals surface area contributed by atoms with Gasteiger partial charge in [0, 0.05) is 10.9 Å².